The van der Waals surface area contributed by atoms with E-state index in [1.807, 2.05) is 0 Å². The van der Waals surface area contributed by atoms with Crippen LogP contribution in [0.3, 0.4) is 0 Å². The van der Waals surface area contributed by atoms with Crippen molar-refractivity contribution in [1.29, 1.82) is 0 Å². The molecule has 0 spiro atoms. The highest BCUT2D eigenvalue weighted by Crippen LogP contribution is 2.43. The second kappa shape index (κ2) is 10.8. The first-order valence-corrected chi connectivity index (χ1v) is 17.5. The highest BCUT2D eigenvalue weighted by molar-refractivity contribution is 6.26. The highest BCUT2D eigenvalue weighted by Gasteiger charge is 2.21. The molecule has 8 aromatic carbocycles. The number of fused-ring (bicyclic) bond motifs is 10. The summed E-state index contributed by atoms with van der Waals surface area (Å²) < 4.78 is 7.30. The van der Waals surface area contributed by atoms with Crippen LogP contribution in [0.4, 0.5) is 0 Å². The van der Waals surface area contributed by atoms with Gasteiger partial charge in [0.25, 0.3) is 0 Å². The van der Waals surface area contributed by atoms with Gasteiger partial charge in [-0.1, -0.05) is 121 Å². The molecule has 0 unspecified atom stereocenters. The molecule has 3 nitrogen and oxygen atoms in total. The summed E-state index contributed by atoms with van der Waals surface area (Å²) >= 11 is 0. The number of benzene rings is 8. The maximum atomic E-state index is 2.47. The molecule has 0 bridgehead atoms. The number of hydrogen-bond donors (Lipinski definition) is 0. The van der Waals surface area contributed by atoms with E-state index in [2.05, 4.69) is 202 Å². The first-order valence-electron chi connectivity index (χ1n) is 17.5. The molecule has 0 saturated heterocycles. The predicted molar refractivity (Wildman–Crippen MR) is 215 cm³/mol. The van der Waals surface area contributed by atoms with Crippen LogP contribution in [-0.4, -0.2) is 13.7 Å². The van der Waals surface area contributed by atoms with Crippen LogP contribution in [0.15, 0.2) is 188 Å². The molecule has 0 saturated carbocycles. The van der Waals surface area contributed by atoms with E-state index in [1.54, 1.807) is 0 Å². The summed E-state index contributed by atoms with van der Waals surface area (Å²) in [5.74, 6) is 0. The Labute approximate surface area is 294 Å². The molecule has 3 aromatic heterocycles. The molecule has 0 N–H and O–H groups in total. The summed E-state index contributed by atoms with van der Waals surface area (Å²) in [4.78, 5) is 0. The first kappa shape index (κ1) is 28.0. The van der Waals surface area contributed by atoms with Crippen molar-refractivity contribution in [3.8, 4) is 28.2 Å². The van der Waals surface area contributed by atoms with Gasteiger partial charge in [0, 0.05) is 49.4 Å². The van der Waals surface area contributed by atoms with Crippen LogP contribution < -0.4 is 0 Å². The second-order valence-corrected chi connectivity index (χ2v) is 13.4. The summed E-state index contributed by atoms with van der Waals surface area (Å²) in [5, 5.41) is 7.52. The molecule has 51 heavy (non-hydrogen) atoms. The lowest BCUT2D eigenvalue weighted by molar-refractivity contribution is 1.16. The van der Waals surface area contributed by atoms with Crippen molar-refractivity contribution in [2.45, 2.75) is 0 Å². The zero-order valence-electron chi connectivity index (χ0n) is 27.7. The van der Waals surface area contributed by atoms with Crippen LogP contribution in [0.1, 0.15) is 0 Å². The lowest BCUT2D eigenvalue weighted by Gasteiger charge is -2.11. The fourth-order valence-corrected chi connectivity index (χ4v) is 8.44. The Morgan fingerprint density at radius 2 is 0.725 bits per heavy atom. The smallest absolute Gasteiger partial charge is 0.0641 e. The van der Waals surface area contributed by atoms with Crippen molar-refractivity contribution in [3.63, 3.8) is 0 Å². The van der Waals surface area contributed by atoms with Gasteiger partial charge in [0.1, 0.15) is 0 Å². The highest BCUT2D eigenvalue weighted by atomic mass is 15.0. The largest absolute Gasteiger partial charge is 0.309 e. The Morgan fingerprint density at radius 3 is 1.45 bits per heavy atom. The van der Waals surface area contributed by atoms with Crippen LogP contribution in [0.25, 0.3) is 93.6 Å². The number of nitrogens with zero attached hydrogens (tertiary/aromatic N) is 3. The molecule has 0 amide bonds. The molecule has 11 rings (SSSR count). The zero-order valence-corrected chi connectivity index (χ0v) is 27.7. The summed E-state index contributed by atoms with van der Waals surface area (Å²) in [6.45, 7) is 0. The van der Waals surface area contributed by atoms with E-state index < -0.39 is 0 Å². The quantitative estimate of drug-likeness (QED) is 0.180. The summed E-state index contributed by atoms with van der Waals surface area (Å²) in [6, 6.07) is 68.4. The van der Waals surface area contributed by atoms with Crippen LogP contribution >= 0.6 is 0 Å². The summed E-state index contributed by atoms with van der Waals surface area (Å²) in [6.07, 6.45) is 0. The Morgan fingerprint density at radius 1 is 0.255 bits per heavy atom. The molecule has 3 heteroatoms. The van der Waals surface area contributed by atoms with Gasteiger partial charge in [-0.25, -0.2) is 0 Å². The van der Waals surface area contributed by atoms with E-state index in [9.17, 15) is 0 Å². The van der Waals surface area contributed by atoms with Gasteiger partial charge >= 0.3 is 0 Å². The van der Waals surface area contributed by atoms with E-state index in [1.165, 1.54) is 82.2 Å². The summed E-state index contributed by atoms with van der Waals surface area (Å²) in [5.41, 5.74) is 13.2. The van der Waals surface area contributed by atoms with Gasteiger partial charge in [-0.2, -0.15) is 0 Å². The van der Waals surface area contributed by atoms with Gasteiger partial charge in [0.2, 0.25) is 0 Å². The van der Waals surface area contributed by atoms with Gasteiger partial charge in [0.15, 0.2) is 0 Å². The van der Waals surface area contributed by atoms with E-state index in [4.69, 9.17) is 0 Å². The molecule has 11 aromatic rings. The molecule has 0 aliphatic heterocycles. The van der Waals surface area contributed by atoms with E-state index >= 15 is 0 Å². The summed E-state index contributed by atoms with van der Waals surface area (Å²) in [7, 11) is 0. The van der Waals surface area contributed by atoms with Gasteiger partial charge in [-0.05, 0) is 77.9 Å². The van der Waals surface area contributed by atoms with Crippen molar-refractivity contribution in [3.05, 3.63) is 188 Å². The van der Waals surface area contributed by atoms with Crippen molar-refractivity contribution < 1.29 is 0 Å². The standard InChI is InChI=1S/C48H31N3/c1-3-13-32(14-4-1)33-23-25-35(26-24-33)51-43-21-11-7-17-37(43)39-28-30-46-47(48(39)51)40-19-9-12-22-44(40)50(46)36-27-29-45-41(31-36)38-18-8-10-20-42(38)49(45)34-15-5-2-6-16-34/h1-31H. The van der Waals surface area contributed by atoms with Crippen molar-refractivity contribution >= 4 is 65.4 Å². The SMILES string of the molecule is c1ccc(-c2ccc(-n3c4ccccc4c4ccc5c(c6ccccc6n5-c5ccc6c(c5)c5ccccc5n6-c5ccccc5)c43)cc2)cc1. The van der Waals surface area contributed by atoms with Crippen LogP contribution in [0, 0.1) is 0 Å². The number of para-hydroxylation sites is 4. The maximum absolute atomic E-state index is 2.47. The first-order chi connectivity index (χ1) is 25.3. The fraction of sp³-hybridized carbons (Fsp3) is 0. The normalized spacial score (nSPS) is 11.9. The average molecular weight is 650 g/mol. The van der Waals surface area contributed by atoms with Crippen LogP contribution in [0.5, 0.6) is 0 Å². The van der Waals surface area contributed by atoms with E-state index in [-0.39, 0.29) is 0 Å². The predicted octanol–water partition coefficient (Wildman–Crippen LogP) is 12.6. The van der Waals surface area contributed by atoms with Gasteiger partial charge in [0.05, 0.1) is 33.1 Å². The molecule has 0 radical (unpaired) electrons. The van der Waals surface area contributed by atoms with Gasteiger partial charge in [-0.3, -0.25) is 0 Å². The van der Waals surface area contributed by atoms with Crippen molar-refractivity contribution in [2.75, 3.05) is 0 Å². The molecular weight excluding hydrogens is 619 g/mol. The monoisotopic (exact) mass is 649 g/mol. The van der Waals surface area contributed by atoms with Crippen molar-refractivity contribution in [1.82, 2.24) is 13.7 Å². The lowest BCUT2D eigenvalue weighted by atomic mass is 10.1. The topological polar surface area (TPSA) is 14.8 Å². The minimum atomic E-state index is 1.15. The van der Waals surface area contributed by atoms with Crippen LogP contribution in [0.2, 0.25) is 0 Å². The third-order valence-electron chi connectivity index (χ3n) is 10.6. The zero-order chi connectivity index (χ0) is 33.5. The van der Waals surface area contributed by atoms with Gasteiger partial charge < -0.3 is 13.7 Å². The van der Waals surface area contributed by atoms with E-state index in [0.717, 1.165) is 11.4 Å². The number of rotatable bonds is 4. The second-order valence-electron chi connectivity index (χ2n) is 13.4. The maximum Gasteiger partial charge on any atom is 0.0641 e. The van der Waals surface area contributed by atoms with Gasteiger partial charge in [-0.15, -0.1) is 0 Å². The lowest BCUT2D eigenvalue weighted by Crippen LogP contribution is -1.96. The minimum Gasteiger partial charge on any atom is -0.309 e. The molecule has 3 heterocycles. The average Bonchev–Trinajstić information content (AvgIpc) is 3.84. The molecule has 0 fully saturated rings. The molecule has 0 atom stereocenters. The Bertz CT molecular complexity index is 3110. The molecular formula is C48H31N3. The number of aromatic nitrogens is 3. The van der Waals surface area contributed by atoms with E-state index in [0.29, 0.717) is 0 Å². The Kier molecular flexibility index (Phi) is 5.96. The van der Waals surface area contributed by atoms with Crippen LogP contribution in [-0.2, 0) is 0 Å². The number of hydrogen-bond acceptors (Lipinski definition) is 0. The Balaban J connectivity index is 1.20. The third-order valence-corrected chi connectivity index (χ3v) is 10.6. The Hall–Kier alpha value is -6.84. The minimum absolute atomic E-state index is 1.15. The molecule has 238 valence electrons. The molecule has 0 aliphatic carbocycles. The third kappa shape index (κ3) is 4.06. The fourth-order valence-electron chi connectivity index (χ4n) is 8.44. The van der Waals surface area contributed by atoms with Crippen molar-refractivity contribution in [2.24, 2.45) is 0 Å². The molecule has 0 aliphatic rings.